The van der Waals surface area contributed by atoms with Crippen molar-refractivity contribution in [2.45, 2.75) is 166 Å². The van der Waals surface area contributed by atoms with Gasteiger partial charge in [-0.05, 0) is 108 Å². The van der Waals surface area contributed by atoms with Gasteiger partial charge in [-0.15, -0.1) is 0 Å². The summed E-state index contributed by atoms with van der Waals surface area (Å²) < 4.78 is 36.5. The number of fused-ring (bicyclic) bond motifs is 3. The number of carbonyl (C=O) groups is 5. The van der Waals surface area contributed by atoms with E-state index in [1.807, 2.05) is 51.1 Å². The van der Waals surface area contributed by atoms with Crippen LogP contribution in [0.15, 0.2) is 59.8 Å². The molecule has 2 bridgehead atoms. The molecule has 6 rings (SSSR count). The van der Waals surface area contributed by atoms with E-state index in [-0.39, 0.29) is 62.5 Å². The summed E-state index contributed by atoms with van der Waals surface area (Å²) in [7, 11) is 4.62. The molecule has 0 aromatic carbocycles. The molecule has 3 N–H and O–H groups in total. The molecular formula is C56H84N4O14. The lowest BCUT2D eigenvalue weighted by atomic mass is 9.81. The van der Waals surface area contributed by atoms with Crippen molar-refractivity contribution in [1.29, 1.82) is 0 Å². The highest BCUT2D eigenvalue weighted by atomic mass is 16.7. The molecule has 18 heteroatoms. The van der Waals surface area contributed by atoms with Crippen LogP contribution in [0.1, 0.15) is 111 Å². The molecule has 14 atom stereocenters. The highest BCUT2D eigenvalue weighted by Gasteiger charge is 2.56. The third kappa shape index (κ3) is 15.0. The molecule has 0 unspecified atom stereocenters. The van der Waals surface area contributed by atoms with Gasteiger partial charge in [-0.1, -0.05) is 56.7 Å². The Balaban J connectivity index is 1.25. The van der Waals surface area contributed by atoms with E-state index >= 15 is 0 Å². The summed E-state index contributed by atoms with van der Waals surface area (Å²) in [4.78, 5) is 80.9. The third-order valence-electron chi connectivity index (χ3n) is 16.1. The number of hydrogen-bond donors (Lipinski definition) is 3. The van der Waals surface area contributed by atoms with Crippen molar-refractivity contribution in [2.75, 3.05) is 60.7 Å². The summed E-state index contributed by atoms with van der Waals surface area (Å²) >= 11 is 0. The number of piperazine rings is 1. The van der Waals surface area contributed by atoms with E-state index in [0.29, 0.717) is 83.2 Å². The van der Waals surface area contributed by atoms with Crippen LogP contribution in [0.2, 0.25) is 0 Å². The minimum Gasteiger partial charge on any atom is -0.456 e. The van der Waals surface area contributed by atoms with E-state index in [4.69, 9.17) is 28.4 Å². The Bertz CT molecular complexity index is 2130. The zero-order valence-electron chi connectivity index (χ0n) is 45.0. The number of ketones is 2. The van der Waals surface area contributed by atoms with Crippen molar-refractivity contribution in [3.63, 3.8) is 0 Å². The maximum Gasteiger partial charge on any atom is 0.410 e. The van der Waals surface area contributed by atoms with Crippen LogP contribution in [-0.2, 0) is 54.1 Å². The lowest BCUT2D eigenvalue weighted by molar-refractivity contribution is -0.302. The van der Waals surface area contributed by atoms with Gasteiger partial charge in [-0.2, -0.15) is 0 Å². The Morgan fingerprint density at radius 3 is 2.27 bits per heavy atom. The molecule has 2 amide bonds. The van der Waals surface area contributed by atoms with E-state index in [9.17, 15) is 39.3 Å². The van der Waals surface area contributed by atoms with Crippen molar-refractivity contribution in [3.8, 4) is 0 Å². The number of nitrogens with zero attached hydrogens (tertiary/aromatic N) is 4. The first-order chi connectivity index (χ1) is 35.4. The molecule has 0 spiro atoms. The molecule has 412 valence electrons. The molecule has 1 aromatic rings. The topological polar surface area (TPSA) is 224 Å². The largest absolute Gasteiger partial charge is 0.456 e. The summed E-state index contributed by atoms with van der Waals surface area (Å²) in [5, 5.41) is 33.8. The molecule has 5 heterocycles. The molecule has 4 aliphatic heterocycles. The molecule has 3 saturated heterocycles. The monoisotopic (exact) mass is 1040 g/mol. The van der Waals surface area contributed by atoms with Gasteiger partial charge in [-0.3, -0.25) is 24.3 Å². The van der Waals surface area contributed by atoms with E-state index < -0.39 is 90.0 Å². The summed E-state index contributed by atoms with van der Waals surface area (Å²) in [6.45, 7) is 12.1. The lowest BCUT2D eigenvalue weighted by Crippen LogP contribution is -2.64. The molecule has 1 saturated carbocycles. The van der Waals surface area contributed by atoms with Crippen molar-refractivity contribution in [3.05, 3.63) is 65.5 Å². The number of piperidine rings is 1. The number of esters is 1. The molecule has 4 fully saturated rings. The number of rotatable bonds is 11. The number of methoxy groups -OCH3 is 3. The molecule has 0 radical (unpaired) electrons. The van der Waals surface area contributed by atoms with Gasteiger partial charge in [0.05, 0.1) is 36.7 Å². The van der Waals surface area contributed by atoms with E-state index in [2.05, 4.69) is 9.88 Å². The number of allylic oxidation sites excluding steroid dienone is 4. The highest BCUT2D eigenvalue weighted by Crippen LogP contribution is 2.39. The van der Waals surface area contributed by atoms with E-state index in [1.165, 1.54) is 19.1 Å². The third-order valence-corrected chi connectivity index (χ3v) is 16.1. The number of aliphatic hydroxyl groups is 3. The number of pyridine rings is 1. The average Bonchev–Trinajstić information content (AvgIpc) is 3.39. The van der Waals surface area contributed by atoms with Gasteiger partial charge in [0, 0.05) is 91.0 Å². The first-order valence-electron chi connectivity index (χ1n) is 26.9. The second kappa shape index (κ2) is 27.6. The maximum absolute atomic E-state index is 14.7. The van der Waals surface area contributed by atoms with Crippen molar-refractivity contribution >= 4 is 29.5 Å². The Kier molecular flexibility index (Phi) is 21.9. The van der Waals surface area contributed by atoms with Crippen molar-refractivity contribution in [2.24, 2.45) is 29.6 Å². The Morgan fingerprint density at radius 2 is 1.59 bits per heavy atom. The van der Waals surface area contributed by atoms with Gasteiger partial charge >= 0.3 is 12.1 Å². The first kappa shape index (κ1) is 58.9. The molecule has 1 aromatic heterocycles. The van der Waals surface area contributed by atoms with Crippen molar-refractivity contribution < 1.29 is 67.7 Å². The summed E-state index contributed by atoms with van der Waals surface area (Å²) in [5.41, 5.74) is 2.49. The van der Waals surface area contributed by atoms with E-state index in [1.54, 1.807) is 44.2 Å². The molecule has 5 aliphatic rings. The number of hydrogen-bond acceptors (Lipinski definition) is 16. The quantitative estimate of drug-likeness (QED) is 0.144. The number of ether oxygens (including phenoxy) is 6. The van der Waals surface area contributed by atoms with Gasteiger partial charge in [-0.25, -0.2) is 9.59 Å². The highest BCUT2D eigenvalue weighted by molar-refractivity contribution is 6.39. The van der Waals surface area contributed by atoms with Gasteiger partial charge in [0.1, 0.15) is 30.1 Å². The Labute approximate surface area is 437 Å². The van der Waals surface area contributed by atoms with Crippen LogP contribution in [0.4, 0.5) is 4.79 Å². The average molecular weight is 1040 g/mol. The van der Waals surface area contributed by atoms with Gasteiger partial charge in [0.25, 0.3) is 11.7 Å². The van der Waals surface area contributed by atoms with E-state index in [0.717, 1.165) is 11.3 Å². The fourth-order valence-electron chi connectivity index (χ4n) is 11.7. The summed E-state index contributed by atoms with van der Waals surface area (Å²) in [5.74, 6) is -8.32. The first-order valence-corrected chi connectivity index (χ1v) is 26.9. The van der Waals surface area contributed by atoms with Crippen LogP contribution < -0.4 is 0 Å². The van der Waals surface area contributed by atoms with Crippen LogP contribution in [0.25, 0.3) is 0 Å². The fraction of sp³-hybridized carbons (Fsp3) is 0.714. The summed E-state index contributed by atoms with van der Waals surface area (Å²) in [6, 6.07) is 4.64. The minimum atomic E-state index is -2.55. The molecule has 18 nitrogen and oxygen atoms in total. The number of carbonyl (C=O) groups excluding carboxylic acids is 5. The predicted molar refractivity (Wildman–Crippen MR) is 274 cm³/mol. The lowest BCUT2D eigenvalue weighted by Gasteiger charge is -2.47. The standard InChI is InChI=1S/C56H84N4O14/c1-35-27-36(2)29-48(70-7)51-49(71-8)31-38(4)56(68,74-51)52(64)53(65)60-21-13-10-17-43(60)54(66)73-50(39(5)44(62)33-45(63)41(28-35)15-11-14-26-61)37(3)30-40-18-19-46(47(32-40)69-6)72-55(67)59-24-22-58(23-25-59)34-42-16-9-12-20-57-42/h9,11-12,14,16,20,28,30,36,38-41,43-44,46-51,61-62,68H,10,13,15,17-19,21-27,29,31-34H2,1-8H3/b14-11+,35-28+,37-30+/t36-,38+,39+,40-,41+,43-,44-,46+,47+,48-,49-,50+,51+,56+/m0/s1. The molecular weight excluding hydrogens is 953 g/mol. The maximum atomic E-state index is 14.7. The zero-order chi connectivity index (χ0) is 53.7. The van der Waals surface area contributed by atoms with Crippen LogP contribution in [0.5, 0.6) is 0 Å². The predicted octanol–water partition coefficient (Wildman–Crippen LogP) is 5.36. The fourth-order valence-corrected chi connectivity index (χ4v) is 11.7. The SMILES string of the molecule is CO[C@H]1C[C@@H](C)C/C(C)=C/[C@@H](C/C=C/CO)C(=O)C[C@H](O)[C@@H](C)[C@@H](/C(C)=C/[C@@H]2CC[C@@H](OC(=O)N3CCN(Cc4ccccn4)CC3)[C@H](OC)C2)OC(=O)[C@@H]2CCCCN2C(=O)C(=O)[C@]2(O)O[C@H]1[C@@H](OC)C[C@H]2C. The smallest absolute Gasteiger partial charge is 0.410 e. The van der Waals surface area contributed by atoms with Crippen molar-refractivity contribution in [1.82, 2.24) is 19.7 Å². The molecule has 1 aliphatic carbocycles. The van der Waals surface area contributed by atoms with Crippen LogP contribution in [0, 0.1) is 29.6 Å². The second-order valence-corrected chi connectivity index (χ2v) is 21.6. The normalized spacial score (nSPS) is 35.9. The van der Waals surface area contributed by atoms with Gasteiger partial charge in [0.15, 0.2) is 0 Å². The minimum absolute atomic E-state index is 0.0436. The number of Topliss-reactive ketones (excluding diaryl/α,β-unsaturated/α-hetero) is 2. The number of aliphatic hydroxyl groups excluding tert-OH is 2. The summed E-state index contributed by atoms with van der Waals surface area (Å²) in [6.07, 6.45) is 7.15. The zero-order valence-corrected chi connectivity index (χ0v) is 45.0. The second-order valence-electron chi connectivity index (χ2n) is 21.6. The van der Waals surface area contributed by atoms with Crippen LogP contribution >= 0.6 is 0 Å². The van der Waals surface area contributed by atoms with Crippen LogP contribution in [-0.4, -0.2) is 180 Å². The number of cyclic esters (lactones) is 1. The Hall–Kier alpha value is -4.40. The van der Waals surface area contributed by atoms with Gasteiger partial charge in [0.2, 0.25) is 5.79 Å². The van der Waals surface area contributed by atoms with Crippen LogP contribution in [0.3, 0.4) is 0 Å². The number of amides is 2. The Morgan fingerprint density at radius 1 is 0.878 bits per heavy atom. The number of aromatic nitrogens is 1. The van der Waals surface area contributed by atoms with Gasteiger partial charge < -0.3 is 53.5 Å². The molecule has 74 heavy (non-hydrogen) atoms.